The fourth-order valence-corrected chi connectivity index (χ4v) is 5.61. The van der Waals surface area contributed by atoms with Crippen LogP contribution in [0.15, 0.2) is 47.4 Å². The largest absolute Gasteiger partial charge is 0.376 e. The Morgan fingerprint density at radius 1 is 1.17 bits per heavy atom. The first-order valence-electron chi connectivity index (χ1n) is 10.0. The van der Waals surface area contributed by atoms with E-state index in [1.807, 2.05) is 49.9 Å². The van der Waals surface area contributed by atoms with E-state index >= 15 is 0 Å². The Kier molecular flexibility index (Phi) is 6.29. The standard InChI is InChI=1S/C22H29N3O3S/c1-5-24(6-2)29(27,28)21-14-19(12-11-16(21)3)23-15-22(26)25-17(4)13-18-9-7-8-10-20(18)25/h7-12,14,17,23H,5-6,13,15H2,1-4H3/t17-/m0/s1. The number of nitrogens with one attached hydrogen (secondary N) is 1. The molecule has 29 heavy (non-hydrogen) atoms. The van der Waals surface area contributed by atoms with Gasteiger partial charge in [0.05, 0.1) is 11.4 Å². The molecule has 1 aliphatic rings. The smallest absolute Gasteiger partial charge is 0.246 e. The molecule has 1 aliphatic heterocycles. The molecular formula is C22H29N3O3S. The molecule has 156 valence electrons. The second-order valence-electron chi connectivity index (χ2n) is 7.37. The fraction of sp³-hybridized carbons (Fsp3) is 0.409. The summed E-state index contributed by atoms with van der Waals surface area (Å²) in [7, 11) is -3.56. The van der Waals surface area contributed by atoms with E-state index in [-0.39, 0.29) is 23.4 Å². The van der Waals surface area contributed by atoms with Crippen LogP contribution in [-0.4, -0.2) is 44.3 Å². The van der Waals surface area contributed by atoms with Gasteiger partial charge in [0.2, 0.25) is 15.9 Å². The summed E-state index contributed by atoms with van der Waals surface area (Å²) in [5.41, 5.74) is 3.45. The topological polar surface area (TPSA) is 69.7 Å². The second kappa shape index (κ2) is 8.55. The minimum atomic E-state index is -3.56. The molecule has 2 aromatic carbocycles. The van der Waals surface area contributed by atoms with Crippen molar-refractivity contribution in [2.75, 3.05) is 29.9 Å². The molecule has 0 bridgehead atoms. The first kappa shape index (κ1) is 21.3. The number of hydrogen-bond acceptors (Lipinski definition) is 4. The number of fused-ring (bicyclic) bond motifs is 1. The Morgan fingerprint density at radius 2 is 1.86 bits per heavy atom. The van der Waals surface area contributed by atoms with Crippen molar-refractivity contribution in [1.82, 2.24) is 4.31 Å². The number of para-hydroxylation sites is 1. The number of anilines is 2. The maximum atomic E-state index is 12.9. The molecule has 6 nitrogen and oxygen atoms in total. The normalized spacial score (nSPS) is 16.2. The summed E-state index contributed by atoms with van der Waals surface area (Å²) < 4.78 is 27.3. The zero-order valence-corrected chi connectivity index (χ0v) is 18.3. The van der Waals surface area contributed by atoms with Crippen LogP contribution in [-0.2, 0) is 21.2 Å². The zero-order chi connectivity index (χ0) is 21.2. The highest BCUT2D eigenvalue weighted by molar-refractivity contribution is 7.89. The number of sulfonamides is 1. The van der Waals surface area contributed by atoms with E-state index < -0.39 is 10.0 Å². The lowest BCUT2D eigenvalue weighted by molar-refractivity contribution is -0.117. The molecule has 0 radical (unpaired) electrons. The number of nitrogens with zero attached hydrogens (tertiary/aromatic N) is 2. The third kappa shape index (κ3) is 4.16. The van der Waals surface area contributed by atoms with E-state index in [1.165, 1.54) is 9.87 Å². The summed E-state index contributed by atoms with van der Waals surface area (Å²) in [6, 6.07) is 13.3. The summed E-state index contributed by atoms with van der Waals surface area (Å²) in [5, 5.41) is 3.11. The van der Waals surface area contributed by atoms with Crippen LogP contribution in [0.4, 0.5) is 11.4 Å². The zero-order valence-electron chi connectivity index (χ0n) is 17.5. The molecule has 2 aromatic rings. The van der Waals surface area contributed by atoms with Crippen LogP contribution in [0.25, 0.3) is 0 Å². The lowest BCUT2D eigenvalue weighted by Crippen LogP contribution is -2.39. The van der Waals surface area contributed by atoms with Gasteiger partial charge in [0.1, 0.15) is 0 Å². The highest BCUT2D eigenvalue weighted by Crippen LogP contribution is 2.32. The van der Waals surface area contributed by atoms with Crippen LogP contribution >= 0.6 is 0 Å². The Balaban J connectivity index is 1.78. The fourth-order valence-electron chi connectivity index (χ4n) is 3.90. The van der Waals surface area contributed by atoms with Gasteiger partial charge in [0.25, 0.3) is 0 Å². The number of hydrogen-bond donors (Lipinski definition) is 1. The SMILES string of the molecule is CCN(CC)S(=O)(=O)c1cc(NCC(=O)N2c3ccccc3C[C@@H]2C)ccc1C. The van der Waals surface area contributed by atoms with E-state index in [1.54, 1.807) is 19.1 Å². The Morgan fingerprint density at radius 3 is 2.55 bits per heavy atom. The lowest BCUT2D eigenvalue weighted by atomic mass is 10.1. The van der Waals surface area contributed by atoms with Gasteiger partial charge in [-0.3, -0.25) is 4.79 Å². The van der Waals surface area contributed by atoms with Crippen molar-refractivity contribution in [2.45, 2.75) is 45.1 Å². The van der Waals surface area contributed by atoms with Gasteiger partial charge in [0.15, 0.2) is 0 Å². The highest BCUT2D eigenvalue weighted by atomic mass is 32.2. The molecule has 0 aromatic heterocycles. The van der Waals surface area contributed by atoms with Crippen LogP contribution in [0.3, 0.4) is 0 Å². The number of carbonyl (C=O) groups excluding carboxylic acids is 1. The van der Waals surface area contributed by atoms with Gasteiger partial charge >= 0.3 is 0 Å². The molecule has 0 aliphatic carbocycles. The van der Waals surface area contributed by atoms with E-state index in [2.05, 4.69) is 11.4 Å². The number of carbonyl (C=O) groups is 1. The molecule has 0 spiro atoms. The van der Waals surface area contributed by atoms with Gasteiger partial charge in [-0.25, -0.2) is 8.42 Å². The van der Waals surface area contributed by atoms with Crippen LogP contribution in [0.2, 0.25) is 0 Å². The van der Waals surface area contributed by atoms with E-state index in [0.717, 1.165) is 12.1 Å². The minimum Gasteiger partial charge on any atom is -0.376 e. The van der Waals surface area contributed by atoms with Gasteiger partial charge < -0.3 is 10.2 Å². The first-order valence-corrected chi connectivity index (χ1v) is 11.5. The number of aryl methyl sites for hydroxylation is 1. The Bertz CT molecular complexity index is 1000. The van der Waals surface area contributed by atoms with Gasteiger partial charge in [-0.15, -0.1) is 0 Å². The third-order valence-electron chi connectivity index (χ3n) is 5.43. The Hall–Kier alpha value is -2.38. The average Bonchev–Trinajstić information content (AvgIpc) is 3.03. The van der Waals surface area contributed by atoms with Crippen LogP contribution < -0.4 is 10.2 Å². The Labute approximate surface area is 173 Å². The predicted octanol–water partition coefficient (Wildman–Crippen LogP) is 3.42. The maximum Gasteiger partial charge on any atom is 0.246 e. The number of amides is 1. The monoisotopic (exact) mass is 415 g/mol. The predicted molar refractivity (Wildman–Crippen MR) is 117 cm³/mol. The maximum absolute atomic E-state index is 12.9. The number of rotatable bonds is 7. The van der Waals surface area contributed by atoms with Crippen molar-refractivity contribution < 1.29 is 13.2 Å². The molecule has 0 saturated carbocycles. The molecule has 1 amide bonds. The molecule has 1 heterocycles. The van der Waals surface area contributed by atoms with Crippen molar-refractivity contribution in [3.05, 3.63) is 53.6 Å². The first-order chi connectivity index (χ1) is 13.8. The summed E-state index contributed by atoms with van der Waals surface area (Å²) in [6.45, 7) is 8.42. The van der Waals surface area contributed by atoms with Crippen molar-refractivity contribution in [2.24, 2.45) is 0 Å². The molecule has 3 rings (SSSR count). The summed E-state index contributed by atoms with van der Waals surface area (Å²) >= 11 is 0. The molecule has 7 heteroatoms. The highest BCUT2D eigenvalue weighted by Gasteiger charge is 2.30. The van der Waals surface area contributed by atoms with Gasteiger partial charge in [-0.1, -0.05) is 38.1 Å². The van der Waals surface area contributed by atoms with Crippen molar-refractivity contribution in [3.8, 4) is 0 Å². The summed E-state index contributed by atoms with van der Waals surface area (Å²) in [5.74, 6) is -0.0313. The quantitative estimate of drug-likeness (QED) is 0.752. The van der Waals surface area contributed by atoms with Crippen molar-refractivity contribution in [3.63, 3.8) is 0 Å². The molecule has 1 atom stereocenters. The van der Waals surface area contributed by atoms with Crippen LogP contribution in [0.1, 0.15) is 31.9 Å². The number of benzene rings is 2. The van der Waals surface area contributed by atoms with Crippen molar-refractivity contribution in [1.29, 1.82) is 0 Å². The molecule has 1 N–H and O–H groups in total. The second-order valence-corrected chi connectivity index (χ2v) is 9.28. The van der Waals surface area contributed by atoms with Crippen LogP contribution in [0, 0.1) is 6.92 Å². The molecule has 0 saturated heterocycles. The molecular weight excluding hydrogens is 386 g/mol. The van der Waals surface area contributed by atoms with E-state index in [9.17, 15) is 13.2 Å². The van der Waals surface area contributed by atoms with Gasteiger partial charge in [-0.2, -0.15) is 4.31 Å². The summed E-state index contributed by atoms with van der Waals surface area (Å²) in [6.07, 6.45) is 0.846. The van der Waals surface area contributed by atoms with Crippen LogP contribution in [0.5, 0.6) is 0 Å². The minimum absolute atomic E-state index is 0.0313. The average molecular weight is 416 g/mol. The van der Waals surface area contributed by atoms with Gasteiger partial charge in [-0.05, 0) is 49.6 Å². The van der Waals surface area contributed by atoms with Crippen molar-refractivity contribution >= 4 is 27.3 Å². The molecule has 0 fully saturated rings. The van der Waals surface area contributed by atoms with E-state index in [4.69, 9.17) is 0 Å². The molecule has 0 unspecified atom stereocenters. The van der Waals surface area contributed by atoms with Gasteiger partial charge in [0, 0.05) is 30.5 Å². The van der Waals surface area contributed by atoms with E-state index in [0.29, 0.717) is 24.3 Å². The lowest BCUT2D eigenvalue weighted by Gasteiger charge is -2.23. The summed E-state index contributed by atoms with van der Waals surface area (Å²) in [4.78, 5) is 15.0. The third-order valence-corrected chi connectivity index (χ3v) is 7.62.